The fourth-order valence-electron chi connectivity index (χ4n) is 15.7. The van der Waals surface area contributed by atoms with Crippen LogP contribution in [0.2, 0.25) is 5.15 Å². The van der Waals surface area contributed by atoms with E-state index in [9.17, 15) is 4.39 Å². The highest BCUT2D eigenvalue weighted by atomic mass is 35.5. The molecular weight excluding hydrogens is 1270 g/mol. The van der Waals surface area contributed by atoms with Gasteiger partial charge in [-0.3, -0.25) is 13.7 Å². The van der Waals surface area contributed by atoms with E-state index in [0.717, 1.165) is 144 Å². The molecule has 0 N–H and O–H groups in total. The molecule has 12 heterocycles. The Morgan fingerprint density at radius 2 is 1.09 bits per heavy atom. The molecule has 0 bridgehead atoms. The Balaban J connectivity index is 0.000000117. The summed E-state index contributed by atoms with van der Waals surface area (Å²) in [6, 6.07) is 53.5. The average Bonchev–Trinajstić information content (AvgIpc) is 1.61. The molecule has 6 aliphatic heterocycles. The fourth-order valence-corrected chi connectivity index (χ4v) is 16.0. The van der Waals surface area contributed by atoms with Gasteiger partial charge < -0.3 is 38.2 Å². The summed E-state index contributed by atoms with van der Waals surface area (Å²) in [6.45, 7) is 14.5. The lowest BCUT2D eigenvalue weighted by Gasteiger charge is -2.41. The molecule has 0 saturated carbocycles. The van der Waals surface area contributed by atoms with E-state index in [0.29, 0.717) is 40.7 Å². The molecule has 502 valence electrons. The van der Waals surface area contributed by atoms with Gasteiger partial charge >= 0.3 is 0 Å². The number of imidazole rings is 1. The van der Waals surface area contributed by atoms with Gasteiger partial charge in [0.15, 0.2) is 17.5 Å². The quantitative estimate of drug-likeness (QED) is 0.121. The Bertz CT molecular complexity index is 5100. The van der Waals surface area contributed by atoms with Gasteiger partial charge in [-0.1, -0.05) is 68.3 Å². The first-order valence-electron chi connectivity index (χ1n) is 34.6. The molecule has 0 unspecified atom stereocenters. The van der Waals surface area contributed by atoms with Crippen molar-refractivity contribution in [2.75, 3.05) is 88.7 Å². The molecule has 6 aliphatic rings. The maximum Gasteiger partial charge on any atom is 0.185 e. The maximum atomic E-state index is 13.5. The fraction of sp³-hybridized carbons (Fsp3) is 0.287. The first-order chi connectivity index (χ1) is 48.7. The number of hydrogen-bond donors (Lipinski definition) is 0. The normalized spacial score (nSPS) is 16.9. The first kappa shape index (κ1) is 63.9. The SMILES string of the molecule is CCCC1CN(c2ccc3c(c2)Cn2cc(-c4ccc(C#N)cc4)cc2-c2nncn2-3)C1.CN(C)[C@H]1CCN(c2ccc3c(c2)Cn2c(cc(-c4ccc(C#N)cc4)c2Cl)-c2nncn2-3)C1.C[C@@H]1CN(c2ccc3c(c2)Cn2cc(-c4ccc(F)cc4)cc2-c2nccn2-3)C[C@H]1CN(C)C. The molecule has 0 radical (unpaired) electrons. The van der Waals surface area contributed by atoms with Crippen LogP contribution >= 0.6 is 11.6 Å². The molecule has 18 nitrogen and oxygen atoms in total. The van der Waals surface area contributed by atoms with Crippen molar-refractivity contribution in [2.24, 2.45) is 17.8 Å². The Hall–Kier alpha value is -10.8. The molecular formula is C80H78ClFN18. The van der Waals surface area contributed by atoms with Crippen LogP contribution in [0.15, 0.2) is 183 Å². The summed E-state index contributed by atoms with van der Waals surface area (Å²) in [6.07, 6.45) is 15.6. The van der Waals surface area contributed by atoms with Crippen LogP contribution in [-0.4, -0.2) is 143 Å². The lowest BCUT2D eigenvalue weighted by atomic mass is 9.94. The summed E-state index contributed by atoms with van der Waals surface area (Å²) < 4.78 is 26.4. The van der Waals surface area contributed by atoms with Crippen molar-refractivity contribution in [1.82, 2.24) is 62.6 Å². The van der Waals surface area contributed by atoms with Gasteiger partial charge in [-0.05, 0) is 201 Å². The summed E-state index contributed by atoms with van der Waals surface area (Å²) in [4.78, 5) is 16.8. The zero-order chi connectivity index (χ0) is 68.4. The molecule has 0 aliphatic carbocycles. The van der Waals surface area contributed by atoms with Gasteiger partial charge in [0.2, 0.25) is 0 Å². The highest BCUT2D eigenvalue weighted by molar-refractivity contribution is 6.32. The number of likely N-dealkylation sites (N-methyl/N-ethyl adjacent to an activating group) is 1. The van der Waals surface area contributed by atoms with E-state index in [1.807, 2.05) is 77.6 Å². The minimum absolute atomic E-state index is 0.217. The van der Waals surface area contributed by atoms with Gasteiger partial charge in [0.25, 0.3) is 0 Å². The smallest absolute Gasteiger partial charge is 0.185 e. The molecule has 20 heteroatoms. The minimum Gasteiger partial charge on any atom is -0.371 e. The number of hydrogen-bond acceptors (Lipinski definition) is 12. The van der Waals surface area contributed by atoms with Crippen molar-refractivity contribution < 1.29 is 4.39 Å². The summed E-state index contributed by atoms with van der Waals surface area (Å²) in [5.41, 5.74) is 21.5. The molecule has 6 aromatic carbocycles. The van der Waals surface area contributed by atoms with E-state index in [-0.39, 0.29) is 5.82 Å². The molecule has 3 fully saturated rings. The standard InChI is InChI=1S/C28H30FN5.C26H24ClN7.C26H24N6/c1-19-14-32(18-23(19)15-31(2)3)25-8-9-26-22(12-25)17-33-16-21(20-4-6-24(29)7-5-20)13-27(33)28-30-10-11-34(26)28;1-31(2)21-9-10-32(15-21)20-7-8-23-19(11-20)14-33-24(26-30-29-16-34(23)26)12-22(25(33)27)18-5-3-17(13-28)4-6-18;1-2-3-19-13-30(14-19)23-8-9-24-22(10-23)16-31-15-21(20-6-4-18(12-27)5-7-20)11-25(31)26-29-28-17-32(24)26/h4-13,16,19,23H,14-15,17-18H2,1-3H3;3-8,11-12,16,21H,9-10,14-15H2,1-2H3;4-11,15,17,19H,2-3,13-14,16H2,1H3/t19-,23-;21-;/m10./s1. The molecule has 18 rings (SSSR count). The van der Waals surface area contributed by atoms with Crippen LogP contribution in [0.4, 0.5) is 21.5 Å². The van der Waals surface area contributed by atoms with Gasteiger partial charge in [0, 0.05) is 123 Å². The second kappa shape index (κ2) is 26.4. The van der Waals surface area contributed by atoms with E-state index in [2.05, 4.69) is 207 Å². The number of fused-ring (bicyclic) bond motifs is 15. The Morgan fingerprint density at radius 1 is 0.560 bits per heavy atom. The summed E-state index contributed by atoms with van der Waals surface area (Å²) >= 11 is 6.97. The number of rotatable bonds is 11. The third-order valence-electron chi connectivity index (χ3n) is 21.1. The van der Waals surface area contributed by atoms with Crippen molar-refractivity contribution in [3.8, 4) is 97.1 Å². The largest absolute Gasteiger partial charge is 0.371 e. The highest BCUT2D eigenvalue weighted by Crippen LogP contribution is 2.43. The van der Waals surface area contributed by atoms with E-state index in [1.54, 1.807) is 12.7 Å². The molecule has 3 atom stereocenters. The van der Waals surface area contributed by atoms with Crippen molar-refractivity contribution in [3.05, 3.63) is 222 Å². The third kappa shape index (κ3) is 12.0. The number of halogens is 2. The molecule has 0 amide bonds. The number of benzene rings is 6. The van der Waals surface area contributed by atoms with E-state index in [1.165, 1.54) is 70.8 Å². The number of anilines is 3. The van der Waals surface area contributed by atoms with Crippen molar-refractivity contribution in [1.29, 1.82) is 10.5 Å². The Kier molecular flexibility index (Phi) is 16.9. The number of aromatic nitrogens is 11. The monoisotopic (exact) mass is 1340 g/mol. The molecule has 6 aromatic heterocycles. The van der Waals surface area contributed by atoms with Crippen molar-refractivity contribution in [2.45, 2.75) is 58.8 Å². The first-order valence-corrected chi connectivity index (χ1v) is 35.0. The van der Waals surface area contributed by atoms with Crippen LogP contribution in [0.5, 0.6) is 0 Å². The predicted molar refractivity (Wildman–Crippen MR) is 393 cm³/mol. The third-order valence-corrected chi connectivity index (χ3v) is 21.5. The summed E-state index contributed by atoms with van der Waals surface area (Å²) in [5, 5.41) is 36.2. The van der Waals surface area contributed by atoms with Gasteiger partial charge in [-0.2, -0.15) is 10.5 Å². The van der Waals surface area contributed by atoms with Gasteiger partial charge in [0.05, 0.1) is 64.0 Å². The highest BCUT2D eigenvalue weighted by Gasteiger charge is 2.34. The van der Waals surface area contributed by atoms with E-state index >= 15 is 0 Å². The van der Waals surface area contributed by atoms with Gasteiger partial charge in [0.1, 0.15) is 23.6 Å². The Morgan fingerprint density at radius 3 is 1.65 bits per heavy atom. The van der Waals surface area contributed by atoms with Crippen LogP contribution in [0.3, 0.4) is 0 Å². The average molecular weight is 1350 g/mol. The van der Waals surface area contributed by atoms with Crippen LogP contribution in [0.25, 0.3) is 85.0 Å². The van der Waals surface area contributed by atoms with Gasteiger partial charge in [-0.15, -0.1) is 20.4 Å². The predicted octanol–water partition coefficient (Wildman–Crippen LogP) is 14.4. The molecule has 12 aromatic rings. The van der Waals surface area contributed by atoms with Crippen LogP contribution in [-0.2, 0) is 19.6 Å². The summed E-state index contributed by atoms with van der Waals surface area (Å²) in [5.74, 6) is 4.52. The maximum absolute atomic E-state index is 13.5. The van der Waals surface area contributed by atoms with E-state index < -0.39 is 0 Å². The zero-order valence-corrected chi connectivity index (χ0v) is 57.9. The topological polar surface area (TPSA) is 158 Å². The molecule has 0 spiro atoms. The number of nitriles is 2. The van der Waals surface area contributed by atoms with Crippen LogP contribution < -0.4 is 14.7 Å². The van der Waals surface area contributed by atoms with Gasteiger partial charge in [-0.25, -0.2) is 9.37 Å². The second-order valence-electron chi connectivity index (χ2n) is 28.1. The second-order valence-corrected chi connectivity index (χ2v) is 28.5. The van der Waals surface area contributed by atoms with Crippen LogP contribution in [0, 0.1) is 46.2 Å². The molecule has 100 heavy (non-hydrogen) atoms. The lowest BCUT2D eigenvalue weighted by Crippen LogP contribution is -2.46. The van der Waals surface area contributed by atoms with Crippen molar-refractivity contribution >= 4 is 28.7 Å². The number of nitrogens with zero attached hydrogens (tertiary/aromatic N) is 18. The lowest BCUT2D eigenvalue weighted by molar-refractivity contribution is 0.301. The van der Waals surface area contributed by atoms with Crippen LogP contribution in [0.1, 0.15) is 60.9 Å². The molecule has 3 saturated heterocycles. The van der Waals surface area contributed by atoms with E-state index in [4.69, 9.17) is 27.1 Å². The van der Waals surface area contributed by atoms with Crippen molar-refractivity contribution in [3.63, 3.8) is 0 Å². The Labute approximate surface area is 587 Å². The minimum atomic E-state index is -0.217. The zero-order valence-electron chi connectivity index (χ0n) is 57.1. The summed E-state index contributed by atoms with van der Waals surface area (Å²) in [7, 11) is 8.63.